The first-order valence-corrected chi connectivity index (χ1v) is 8.71. The predicted molar refractivity (Wildman–Crippen MR) is 98.7 cm³/mol. The zero-order chi connectivity index (χ0) is 16.1. The lowest BCUT2D eigenvalue weighted by molar-refractivity contribution is -0.116. The molecule has 2 rings (SSSR count). The quantitative estimate of drug-likeness (QED) is 0.806. The van der Waals surface area contributed by atoms with Gasteiger partial charge in [0.2, 0.25) is 5.91 Å². The summed E-state index contributed by atoms with van der Waals surface area (Å²) in [7, 11) is 0. The van der Waals surface area contributed by atoms with E-state index in [1.54, 1.807) is 23.1 Å². The van der Waals surface area contributed by atoms with Crippen LogP contribution in [0.2, 0.25) is 0 Å². The van der Waals surface area contributed by atoms with Crippen LogP contribution in [0.1, 0.15) is 30.3 Å². The normalized spacial score (nSPS) is 11.7. The summed E-state index contributed by atoms with van der Waals surface area (Å²) in [5, 5.41) is 12.0. The van der Waals surface area contributed by atoms with Crippen LogP contribution >= 0.6 is 35.5 Å². The fraction of sp³-hybridized carbons (Fsp3) is 0.400. The Morgan fingerprint density at radius 2 is 2.13 bits per heavy atom. The van der Waals surface area contributed by atoms with Gasteiger partial charge in [-0.3, -0.25) is 4.79 Å². The van der Waals surface area contributed by atoms with Gasteiger partial charge in [0.25, 0.3) is 0 Å². The minimum absolute atomic E-state index is 0. The molecule has 0 fully saturated rings. The molecule has 0 aliphatic carbocycles. The van der Waals surface area contributed by atoms with E-state index >= 15 is 0 Å². The summed E-state index contributed by atoms with van der Waals surface area (Å²) in [6.45, 7) is 5.82. The van der Waals surface area contributed by atoms with Gasteiger partial charge in [-0.1, -0.05) is 23.1 Å². The Morgan fingerprint density at radius 3 is 2.70 bits per heavy atom. The third-order valence-electron chi connectivity index (χ3n) is 3.01. The van der Waals surface area contributed by atoms with Crippen LogP contribution in [0.5, 0.6) is 0 Å². The molecule has 5 nitrogen and oxygen atoms in total. The molecule has 1 aromatic carbocycles. The van der Waals surface area contributed by atoms with Crippen molar-refractivity contribution in [2.45, 2.75) is 48.9 Å². The van der Waals surface area contributed by atoms with Crippen molar-refractivity contribution in [2.75, 3.05) is 5.32 Å². The van der Waals surface area contributed by atoms with Gasteiger partial charge in [-0.05, 0) is 51.0 Å². The molecule has 0 aliphatic heterocycles. The molecule has 1 unspecified atom stereocenters. The van der Waals surface area contributed by atoms with Crippen LogP contribution in [-0.2, 0) is 4.79 Å². The summed E-state index contributed by atoms with van der Waals surface area (Å²) >= 11 is 3.15. The molecule has 23 heavy (non-hydrogen) atoms. The van der Waals surface area contributed by atoms with Crippen molar-refractivity contribution in [2.24, 2.45) is 5.73 Å². The number of aryl methyl sites for hydroxylation is 2. The second-order valence-electron chi connectivity index (χ2n) is 5.23. The van der Waals surface area contributed by atoms with E-state index in [-0.39, 0.29) is 24.4 Å². The molecule has 1 aromatic heterocycles. The molecule has 0 aliphatic rings. The van der Waals surface area contributed by atoms with Crippen molar-refractivity contribution in [1.29, 1.82) is 0 Å². The van der Waals surface area contributed by atoms with E-state index in [0.29, 0.717) is 12.8 Å². The van der Waals surface area contributed by atoms with Crippen LogP contribution in [0, 0.1) is 13.8 Å². The zero-order valence-corrected chi connectivity index (χ0v) is 15.8. The zero-order valence-electron chi connectivity index (χ0n) is 13.3. The van der Waals surface area contributed by atoms with Crippen molar-refractivity contribution >= 4 is 47.1 Å². The number of carbonyl (C=O) groups excluding carboxylic acids is 1. The number of hydrogen-bond donors (Lipinski definition) is 2. The molecule has 3 N–H and O–H groups in total. The van der Waals surface area contributed by atoms with Crippen LogP contribution in [0.25, 0.3) is 0 Å². The standard InChI is InChI=1S/C15H20N4OS2.ClH/c1-9-8-12(22-15-19-18-11(3)21-15)5-6-13(9)17-14(20)7-4-10(2)16;/h5-6,8,10H,4,7,16H2,1-3H3,(H,17,20);1H. The molecule has 1 heterocycles. The number of benzene rings is 1. The molecule has 1 atom stereocenters. The van der Waals surface area contributed by atoms with E-state index in [1.165, 1.54) is 0 Å². The average molecular weight is 373 g/mol. The number of amides is 1. The van der Waals surface area contributed by atoms with Gasteiger partial charge in [0.05, 0.1) is 0 Å². The summed E-state index contributed by atoms with van der Waals surface area (Å²) in [6, 6.07) is 5.99. The maximum atomic E-state index is 11.9. The highest BCUT2D eigenvalue weighted by molar-refractivity contribution is 8.01. The van der Waals surface area contributed by atoms with E-state index in [2.05, 4.69) is 15.5 Å². The van der Waals surface area contributed by atoms with Crippen LogP contribution in [-0.4, -0.2) is 22.1 Å². The Balaban J connectivity index is 0.00000264. The Hall–Kier alpha value is -1.15. The summed E-state index contributed by atoms with van der Waals surface area (Å²) in [5.74, 6) is 0.000510. The fourth-order valence-corrected chi connectivity index (χ4v) is 3.72. The number of nitrogens with two attached hydrogens (primary N) is 1. The number of carbonyl (C=O) groups is 1. The highest BCUT2D eigenvalue weighted by atomic mass is 35.5. The molecule has 8 heteroatoms. The van der Waals surface area contributed by atoms with Gasteiger partial charge in [0.15, 0.2) is 4.34 Å². The van der Waals surface area contributed by atoms with Crippen molar-refractivity contribution in [3.05, 3.63) is 28.8 Å². The SMILES string of the molecule is Cc1nnc(Sc2ccc(NC(=O)CCC(C)N)c(C)c2)s1.Cl. The van der Waals surface area contributed by atoms with Gasteiger partial charge >= 0.3 is 0 Å². The van der Waals surface area contributed by atoms with E-state index in [0.717, 1.165) is 25.5 Å². The lowest BCUT2D eigenvalue weighted by Crippen LogP contribution is -2.19. The van der Waals surface area contributed by atoms with E-state index in [9.17, 15) is 4.79 Å². The molecule has 1 amide bonds. The van der Waals surface area contributed by atoms with E-state index in [1.807, 2.05) is 39.0 Å². The largest absolute Gasteiger partial charge is 0.328 e. The van der Waals surface area contributed by atoms with Crippen molar-refractivity contribution < 1.29 is 4.79 Å². The van der Waals surface area contributed by atoms with E-state index in [4.69, 9.17) is 5.73 Å². The number of nitrogens with zero attached hydrogens (tertiary/aromatic N) is 2. The molecule has 0 radical (unpaired) electrons. The molecule has 0 bridgehead atoms. The summed E-state index contributed by atoms with van der Waals surface area (Å²) < 4.78 is 0.922. The van der Waals surface area contributed by atoms with Gasteiger partial charge in [0.1, 0.15) is 5.01 Å². The minimum Gasteiger partial charge on any atom is -0.328 e. The predicted octanol–water partition coefficient (Wildman–Crippen LogP) is 3.79. The van der Waals surface area contributed by atoms with Gasteiger partial charge in [0, 0.05) is 23.0 Å². The van der Waals surface area contributed by atoms with Crippen molar-refractivity contribution in [3.63, 3.8) is 0 Å². The van der Waals surface area contributed by atoms with Crippen LogP contribution in [0.15, 0.2) is 27.4 Å². The van der Waals surface area contributed by atoms with Crippen LogP contribution in [0.3, 0.4) is 0 Å². The third-order valence-corrected chi connectivity index (χ3v) is 4.89. The molecular formula is C15H21ClN4OS2. The monoisotopic (exact) mass is 372 g/mol. The second kappa shape index (κ2) is 9.22. The lowest BCUT2D eigenvalue weighted by Gasteiger charge is -2.10. The van der Waals surface area contributed by atoms with Gasteiger partial charge in [-0.2, -0.15) is 0 Å². The highest BCUT2D eigenvalue weighted by Gasteiger charge is 2.08. The molecule has 0 spiro atoms. The fourth-order valence-electron chi connectivity index (χ4n) is 1.83. The molecule has 0 saturated carbocycles. The van der Waals surface area contributed by atoms with Crippen LogP contribution < -0.4 is 11.1 Å². The van der Waals surface area contributed by atoms with Gasteiger partial charge < -0.3 is 11.1 Å². The molecule has 0 saturated heterocycles. The van der Waals surface area contributed by atoms with Crippen LogP contribution in [0.4, 0.5) is 5.69 Å². The third kappa shape index (κ3) is 6.47. The van der Waals surface area contributed by atoms with Gasteiger partial charge in [-0.25, -0.2) is 0 Å². The van der Waals surface area contributed by atoms with E-state index < -0.39 is 0 Å². The summed E-state index contributed by atoms with van der Waals surface area (Å²) in [5.41, 5.74) is 7.53. The minimum atomic E-state index is 0. The smallest absolute Gasteiger partial charge is 0.224 e. The maximum absolute atomic E-state index is 11.9. The number of anilines is 1. The maximum Gasteiger partial charge on any atom is 0.224 e. The molecule has 2 aromatic rings. The lowest BCUT2D eigenvalue weighted by atomic mass is 10.1. The molecular weight excluding hydrogens is 352 g/mol. The first kappa shape index (κ1) is 19.9. The van der Waals surface area contributed by atoms with Crippen molar-refractivity contribution in [3.8, 4) is 0 Å². The second-order valence-corrected chi connectivity index (χ2v) is 7.73. The topological polar surface area (TPSA) is 80.9 Å². The Bertz CT molecular complexity index is 661. The number of aromatic nitrogens is 2. The average Bonchev–Trinajstić information content (AvgIpc) is 2.85. The number of nitrogens with one attached hydrogen (secondary N) is 1. The number of halogens is 1. The Labute approximate surface area is 150 Å². The summed E-state index contributed by atoms with van der Waals surface area (Å²) in [4.78, 5) is 12.9. The first-order chi connectivity index (χ1) is 10.4. The first-order valence-electron chi connectivity index (χ1n) is 7.08. The number of rotatable bonds is 6. The molecule has 126 valence electrons. The highest BCUT2D eigenvalue weighted by Crippen LogP contribution is 2.32. The Kier molecular flexibility index (Phi) is 7.98. The van der Waals surface area contributed by atoms with Crippen molar-refractivity contribution in [1.82, 2.24) is 10.2 Å². The Morgan fingerprint density at radius 1 is 1.39 bits per heavy atom. The van der Waals surface area contributed by atoms with Gasteiger partial charge in [-0.15, -0.1) is 22.6 Å². The summed E-state index contributed by atoms with van der Waals surface area (Å²) in [6.07, 6.45) is 1.13. The number of hydrogen-bond acceptors (Lipinski definition) is 6.